The van der Waals surface area contributed by atoms with Gasteiger partial charge in [0.05, 0.1) is 12.5 Å². The van der Waals surface area contributed by atoms with Crippen LogP contribution < -0.4 is 0 Å². The lowest BCUT2D eigenvalue weighted by Gasteiger charge is -1.79. The van der Waals surface area contributed by atoms with Crippen LogP contribution in [0.4, 0.5) is 5.82 Å². The second-order valence-electron chi connectivity index (χ2n) is 2.61. The number of hydrogen-bond acceptors (Lipinski definition) is 4. The summed E-state index contributed by atoms with van der Waals surface area (Å²) in [6, 6.07) is 3.58. The summed E-state index contributed by atoms with van der Waals surface area (Å²) in [7, 11) is 0. The Morgan fingerprint density at radius 3 is 3.08 bits per heavy atom. The Morgan fingerprint density at radius 1 is 1.54 bits per heavy atom. The van der Waals surface area contributed by atoms with Gasteiger partial charge in [0.15, 0.2) is 5.82 Å². The highest BCUT2D eigenvalue weighted by molar-refractivity contribution is 5.80. The van der Waals surface area contributed by atoms with Gasteiger partial charge in [0, 0.05) is 17.8 Å². The molecule has 0 spiro atoms. The number of hydrogen-bond donors (Lipinski definition) is 0. The van der Waals surface area contributed by atoms with Gasteiger partial charge in [0.25, 0.3) is 0 Å². The van der Waals surface area contributed by atoms with Crippen LogP contribution in [0, 0.1) is 6.92 Å². The van der Waals surface area contributed by atoms with Crippen molar-refractivity contribution in [1.29, 1.82) is 0 Å². The first-order chi connectivity index (χ1) is 6.34. The maximum Gasteiger partial charge on any atom is 0.195 e. The van der Waals surface area contributed by atoms with Gasteiger partial charge in [-0.1, -0.05) is 5.16 Å². The predicted molar refractivity (Wildman–Crippen MR) is 47.2 cm³/mol. The molecule has 0 bridgehead atoms. The largest absolute Gasteiger partial charge is 0.472 e. The minimum absolute atomic E-state index is 0.568. The molecule has 2 heterocycles. The van der Waals surface area contributed by atoms with Crippen LogP contribution in [-0.2, 0) is 0 Å². The van der Waals surface area contributed by atoms with Crippen LogP contribution in [0.3, 0.4) is 0 Å². The van der Waals surface area contributed by atoms with Crippen LogP contribution in [0.5, 0.6) is 0 Å². The van der Waals surface area contributed by atoms with E-state index in [1.165, 1.54) is 0 Å². The second-order valence-corrected chi connectivity index (χ2v) is 2.61. The van der Waals surface area contributed by atoms with E-state index in [1.807, 2.05) is 13.0 Å². The molecule has 2 aromatic rings. The van der Waals surface area contributed by atoms with Crippen LogP contribution in [0.1, 0.15) is 11.3 Å². The second kappa shape index (κ2) is 3.26. The van der Waals surface area contributed by atoms with E-state index in [4.69, 9.17) is 8.94 Å². The quantitative estimate of drug-likeness (QED) is 0.660. The Kier molecular flexibility index (Phi) is 1.96. The molecule has 13 heavy (non-hydrogen) atoms. The highest BCUT2D eigenvalue weighted by Gasteiger charge is 1.95. The lowest BCUT2D eigenvalue weighted by atomic mass is 10.4. The molecule has 0 amide bonds. The van der Waals surface area contributed by atoms with Crippen LogP contribution in [-0.4, -0.2) is 11.4 Å². The van der Waals surface area contributed by atoms with Crippen LogP contribution in [0.2, 0.25) is 0 Å². The van der Waals surface area contributed by atoms with Gasteiger partial charge < -0.3 is 8.94 Å². The van der Waals surface area contributed by atoms with Crippen molar-refractivity contribution >= 4 is 12.0 Å². The molecule has 0 fully saturated rings. The van der Waals surface area contributed by atoms with Crippen molar-refractivity contribution in [3.8, 4) is 0 Å². The number of furan rings is 1. The zero-order valence-electron chi connectivity index (χ0n) is 7.10. The number of aromatic nitrogens is 1. The Hall–Kier alpha value is -1.84. The van der Waals surface area contributed by atoms with Crippen molar-refractivity contribution < 1.29 is 8.94 Å². The van der Waals surface area contributed by atoms with Gasteiger partial charge in [-0.2, -0.15) is 0 Å². The topological polar surface area (TPSA) is 51.5 Å². The number of aryl methyl sites for hydroxylation is 1. The first-order valence-corrected chi connectivity index (χ1v) is 3.84. The zero-order chi connectivity index (χ0) is 9.10. The minimum atomic E-state index is 0.568. The van der Waals surface area contributed by atoms with E-state index in [0.29, 0.717) is 5.82 Å². The van der Waals surface area contributed by atoms with Crippen molar-refractivity contribution in [3.63, 3.8) is 0 Å². The van der Waals surface area contributed by atoms with E-state index >= 15 is 0 Å². The summed E-state index contributed by atoms with van der Waals surface area (Å²) in [4.78, 5) is 4.08. The Bertz CT molecular complexity index is 401. The molecule has 0 N–H and O–H groups in total. The van der Waals surface area contributed by atoms with Crippen molar-refractivity contribution in [3.05, 3.63) is 36.0 Å². The van der Waals surface area contributed by atoms with Crippen molar-refractivity contribution in [2.24, 2.45) is 4.99 Å². The third-order valence-corrected chi connectivity index (χ3v) is 1.50. The van der Waals surface area contributed by atoms with E-state index in [-0.39, 0.29) is 0 Å². The number of rotatable bonds is 2. The summed E-state index contributed by atoms with van der Waals surface area (Å²) in [6.07, 6.45) is 4.87. The smallest absolute Gasteiger partial charge is 0.195 e. The Morgan fingerprint density at radius 2 is 2.46 bits per heavy atom. The first kappa shape index (κ1) is 7.79. The van der Waals surface area contributed by atoms with E-state index in [2.05, 4.69) is 10.1 Å². The summed E-state index contributed by atoms with van der Waals surface area (Å²) in [5, 5.41) is 3.71. The van der Waals surface area contributed by atoms with Crippen LogP contribution in [0.25, 0.3) is 0 Å². The van der Waals surface area contributed by atoms with E-state index in [9.17, 15) is 0 Å². The van der Waals surface area contributed by atoms with E-state index in [0.717, 1.165) is 11.3 Å². The summed E-state index contributed by atoms with van der Waals surface area (Å²) in [6.45, 7) is 1.82. The average molecular weight is 176 g/mol. The van der Waals surface area contributed by atoms with Gasteiger partial charge in [-0.05, 0) is 13.0 Å². The van der Waals surface area contributed by atoms with Crippen LogP contribution >= 0.6 is 0 Å². The standard InChI is InChI=1S/C9H8N2O2/c1-7-4-9(11-13-7)10-5-8-2-3-12-6-8/h2-6H,1H3. The third kappa shape index (κ3) is 1.84. The molecule has 0 aromatic carbocycles. The summed E-state index contributed by atoms with van der Waals surface area (Å²) in [5.74, 6) is 1.32. The molecule has 66 valence electrons. The lowest BCUT2D eigenvalue weighted by Crippen LogP contribution is -1.72. The van der Waals surface area contributed by atoms with Crippen LogP contribution in [0.15, 0.2) is 38.6 Å². The fourth-order valence-electron chi connectivity index (χ4n) is 0.903. The molecule has 0 aliphatic heterocycles. The molecule has 0 saturated heterocycles. The number of aliphatic imine (C=N–C) groups is 1. The van der Waals surface area contributed by atoms with Gasteiger partial charge in [0.2, 0.25) is 0 Å². The normalized spacial score (nSPS) is 11.2. The molecule has 4 nitrogen and oxygen atoms in total. The molecular formula is C9H8N2O2. The molecule has 0 atom stereocenters. The summed E-state index contributed by atoms with van der Waals surface area (Å²) >= 11 is 0. The van der Waals surface area contributed by atoms with Gasteiger partial charge in [-0.3, -0.25) is 0 Å². The highest BCUT2D eigenvalue weighted by Crippen LogP contribution is 2.10. The first-order valence-electron chi connectivity index (χ1n) is 3.84. The average Bonchev–Trinajstić information content (AvgIpc) is 2.71. The van der Waals surface area contributed by atoms with Gasteiger partial charge in [-0.25, -0.2) is 4.99 Å². The molecule has 0 aliphatic rings. The Balaban J connectivity index is 2.14. The maximum atomic E-state index is 4.87. The van der Waals surface area contributed by atoms with E-state index < -0.39 is 0 Å². The van der Waals surface area contributed by atoms with Crippen molar-refractivity contribution in [1.82, 2.24) is 5.16 Å². The van der Waals surface area contributed by atoms with Crippen molar-refractivity contribution in [2.45, 2.75) is 6.92 Å². The SMILES string of the molecule is Cc1cc(N=Cc2ccoc2)no1. The van der Waals surface area contributed by atoms with Crippen molar-refractivity contribution in [2.75, 3.05) is 0 Å². The number of nitrogens with zero attached hydrogens (tertiary/aromatic N) is 2. The Labute approximate surface area is 74.9 Å². The maximum absolute atomic E-state index is 4.87. The lowest BCUT2D eigenvalue weighted by molar-refractivity contribution is 0.399. The molecule has 0 radical (unpaired) electrons. The summed E-state index contributed by atoms with van der Waals surface area (Å²) in [5.41, 5.74) is 0.903. The van der Waals surface area contributed by atoms with Gasteiger partial charge in [0.1, 0.15) is 5.76 Å². The fourth-order valence-corrected chi connectivity index (χ4v) is 0.903. The fraction of sp³-hybridized carbons (Fsp3) is 0.111. The molecule has 2 aromatic heterocycles. The molecule has 2 rings (SSSR count). The molecular weight excluding hydrogens is 168 g/mol. The molecule has 0 aliphatic carbocycles. The molecule has 0 saturated carbocycles. The minimum Gasteiger partial charge on any atom is -0.472 e. The van der Waals surface area contributed by atoms with Gasteiger partial charge in [-0.15, -0.1) is 0 Å². The zero-order valence-corrected chi connectivity index (χ0v) is 7.10. The third-order valence-electron chi connectivity index (χ3n) is 1.50. The molecule has 0 unspecified atom stereocenters. The predicted octanol–water partition coefficient (Wildman–Crippen LogP) is 2.33. The molecule has 4 heteroatoms. The monoisotopic (exact) mass is 176 g/mol. The highest BCUT2D eigenvalue weighted by atomic mass is 16.5. The summed E-state index contributed by atoms with van der Waals surface area (Å²) < 4.78 is 9.72. The van der Waals surface area contributed by atoms with E-state index in [1.54, 1.807) is 24.8 Å². The van der Waals surface area contributed by atoms with Gasteiger partial charge >= 0.3 is 0 Å².